The number of aryl methyl sites for hydroxylation is 2. The van der Waals surface area contributed by atoms with E-state index in [1.807, 2.05) is 19.1 Å². The van der Waals surface area contributed by atoms with Crippen LogP contribution >= 0.6 is 22.9 Å². The fourth-order valence-electron chi connectivity index (χ4n) is 3.10. The molecule has 10 heteroatoms. The fourth-order valence-corrected chi connectivity index (χ4v) is 5.59. The van der Waals surface area contributed by atoms with E-state index in [0.29, 0.717) is 23.2 Å². The molecule has 3 rings (SSSR count). The third-order valence-electron chi connectivity index (χ3n) is 4.69. The first-order valence-electron chi connectivity index (χ1n) is 9.38. The van der Waals surface area contributed by atoms with E-state index in [0.717, 1.165) is 16.1 Å². The van der Waals surface area contributed by atoms with Crippen molar-refractivity contribution >= 4 is 44.0 Å². The van der Waals surface area contributed by atoms with Gasteiger partial charge in [-0.3, -0.25) is 10.1 Å². The van der Waals surface area contributed by atoms with Crippen molar-refractivity contribution in [3.05, 3.63) is 52.1 Å². The summed E-state index contributed by atoms with van der Waals surface area (Å²) >= 11 is 7.30. The molecule has 7 nitrogen and oxygen atoms in total. The minimum Gasteiger partial charge on any atom is -0.345 e. The molecule has 0 aliphatic rings. The summed E-state index contributed by atoms with van der Waals surface area (Å²) in [5, 5.41) is 3.86. The van der Waals surface area contributed by atoms with Gasteiger partial charge in [-0.25, -0.2) is 13.4 Å². The van der Waals surface area contributed by atoms with Gasteiger partial charge in [0.15, 0.2) is 5.13 Å². The van der Waals surface area contributed by atoms with E-state index in [-0.39, 0.29) is 10.6 Å². The molecule has 0 aliphatic heterocycles. The van der Waals surface area contributed by atoms with Crippen LogP contribution in [0, 0.1) is 6.92 Å². The van der Waals surface area contributed by atoms with Gasteiger partial charge in [0.05, 0.1) is 5.69 Å². The lowest BCUT2D eigenvalue weighted by molar-refractivity contribution is 0.101. The predicted molar refractivity (Wildman–Crippen MR) is 121 cm³/mol. The van der Waals surface area contributed by atoms with E-state index in [4.69, 9.17) is 11.6 Å². The Morgan fingerprint density at radius 1 is 1.23 bits per heavy atom. The monoisotopic (exact) mass is 466 g/mol. The van der Waals surface area contributed by atoms with Crippen LogP contribution in [-0.2, 0) is 17.1 Å². The summed E-state index contributed by atoms with van der Waals surface area (Å²) in [6, 6.07) is 8.71. The van der Waals surface area contributed by atoms with Crippen LogP contribution in [0.15, 0.2) is 41.4 Å². The Morgan fingerprint density at radius 2 is 1.87 bits per heavy atom. The van der Waals surface area contributed by atoms with Crippen molar-refractivity contribution in [2.45, 2.75) is 25.7 Å². The SMILES string of the molecule is CCN(CC)S(=O)(=O)c1cc(C(=O)Nc2nc(-c3ccc(Cl)cc3)c(C)s2)n(C)c1. The lowest BCUT2D eigenvalue weighted by Crippen LogP contribution is -2.30. The zero-order valence-electron chi connectivity index (χ0n) is 17.1. The molecule has 0 fully saturated rings. The Kier molecular flexibility index (Phi) is 6.66. The molecule has 2 aromatic heterocycles. The summed E-state index contributed by atoms with van der Waals surface area (Å²) in [6.07, 6.45) is 1.45. The van der Waals surface area contributed by atoms with Crippen LogP contribution in [0.3, 0.4) is 0 Å². The van der Waals surface area contributed by atoms with E-state index in [1.165, 1.54) is 32.5 Å². The number of nitrogens with one attached hydrogen (secondary N) is 1. The molecule has 1 amide bonds. The molecular formula is C20H23ClN4O3S2. The zero-order valence-corrected chi connectivity index (χ0v) is 19.5. The largest absolute Gasteiger partial charge is 0.345 e. The summed E-state index contributed by atoms with van der Waals surface area (Å²) in [5.41, 5.74) is 1.91. The van der Waals surface area contributed by atoms with Crippen LogP contribution in [0.25, 0.3) is 11.3 Å². The highest BCUT2D eigenvalue weighted by atomic mass is 35.5. The van der Waals surface area contributed by atoms with Gasteiger partial charge in [0.1, 0.15) is 10.6 Å². The van der Waals surface area contributed by atoms with E-state index < -0.39 is 15.9 Å². The summed E-state index contributed by atoms with van der Waals surface area (Å²) in [4.78, 5) is 18.4. The van der Waals surface area contributed by atoms with Crippen molar-refractivity contribution in [3.8, 4) is 11.3 Å². The van der Waals surface area contributed by atoms with E-state index in [2.05, 4.69) is 10.3 Å². The number of benzene rings is 1. The molecule has 160 valence electrons. The fraction of sp³-hybridized carbons (Fsp3) is 0.300. The van der Waals surface area contributed by atoms with Gasteiger partial charge in [0, 0.05) is 41.8 Å². The Morgan fingerprint density at radius 3 is 2.47 bits per heavy atom. The summed E-state index contributed by atoms with van der Waals surface area (Å²) < 4.78 is 28.3. The molecule has 0 atom stereocenters. The number of thiazole rings is 1. The molecule has 0 bridgehead atoms. The minimum absolute atomic E-state index is 0.0935. The number of nitrogens with zero attached hydrogens (tertiary/aromatic N) is 3. The number of carbonyl (C=O) groups is 1. The maximum Gasteiger partial charge on any atom is 0.274 e. The molecule has 0 unspecified atom stereocenters. The molecule has 0 radical (unpaired) electrons. The summed E-state index contributed by atoms with van der Waals surface area (Å²) in [6.45, 7) is 6.21. The maximum atomic E-state index is 12.8. The number of sulfonamides is 1. The van der Waals surface area contributed by atoms with Crippen molar-refractivity contribution in [1.82, 2.24) is 13.9 Å². The number of halogens is 1. The van der Waals surface area contributed by atoms with E-state index in [9.17, 15) is 13.2 Å². The molecule has 0 saturated carbocycles. The van der Waals surface area contributed by atoms with Crippen molar-refractivity contribution in [3.63, 3.8) is 0 Å². The van der Waals surface area contributed by atoms with Crippen molar-refractivity contribution < 1.29 is 13.2 Å². The zero-order chi connectivity index (χ0) is 22.1. The van der Waals surface area contributed by atoms with Gasteiger partial charge < -0.3 is 4.57 Å². The van der Waals surface area contributed by atoms with Gasteiger partial charge in [-0.1, -0.05) is 37.6 Å². The average molecular weight is 467 g/mol. The standard InChI is InChI=1S/C20H23ClN4O3S2/c1-5-25(6-2)30(27,28)16-11-17(24(4)12-16)19(26)23-20-22-18(13(3)29-20)14-7-9-15(21)10-8-14/h7-12H,5-6H2,1-4H3,(H,22,23,26). The Hall–Kier alpha value is -2.20. The third kappa shape index (κ3) is 4.44. The normalized spacial score (nSPS) is 11.8. The molecular weight excluding hydrogens is 444 g/mol. The molecule has 1 N–H and O–H groups in total. The second kappa shape index (κ2) is 8.89. The Bertz CT molecular complexity index is 1160. The molecule has 0 aliphatic carbocycles. The average Bonchev–Trinajstić information content (AvgIpc) is 3.26. The maximum absolute atomic E-state index is 12.8. The van der Waals surface area contributed by atoms with Crippen LogP contribution < -0.4 is 5.32 Å². The smallest absolute Gasteiger partial charge is 0.274 e. The summed E-state index contributed by atoms with van der Waals surface area (Å²) in [5.74, 6) is -0.421. The van der Waals surface area contributed by atoms with Crippen molar-refractivity contribution in [1.29, 1.82) is 0 Å². The van der Waals surface area contributed by atoms with Gasteiger partial charge in [0.25, 0.3) is 5.91 Å². The third-order valence-corrected chi connectivity index (χ3v) is 7.84. The lowest BCUT2D eigenvalue weighted by atomic mass is 10.1. The van der Waals surface area contributed by atoms with Gasteiger partial charge in [-0.15, -0.1) is 11.3 Å². The van der Waals surface area contributed by atoms with E-state index in [1.54, 1.807) is 33.0 Å². The highest BCUT2D eigenvalue weighted by molar-refractivity contribution is 7.89. The first kappa shape index (κ1) is 22.5. The number of amides is 1. The molecule has 2 heterocycles. The topological polar surface area (TPSA) is 84.3 Å². The van der Waals surface area contributed by atoms with Gasteiger partial charge in [-0.05, 0) is 25.1 Å². The number of anilines is 1. The Balaban J connectivity index is 1.85. The number of rotatable bonds is 7. The molecule has 3 aromatic rings. The lowest BCUT2D eigenvalue weighted by Gasteiger charge is -2.17. The van der Waals surface area contributed by atoms with E-state index >= 15 is 0 Å². The first-order chi connectivity index (χ1) is 14.2. The summed E-state index contributed by atoms with van der Waals surface area (Å²) in [7, 11) is -2.00. The van der Waals surface area contributed by atoms with Crippen LogP contribution in [0.5, 0.6) is 0 Å². The van der Waals surface area contributed by atoms with Crippen LogP contribution in [0.1, 0.15) is 29.2 Å². The van der Waals surface area contributed by atoms with Gasteiger partial charge in [-0.2, -0.15) is 4.31 Å². The second-order valence-electron chi connectivity index (χ2n) is 6.65. The van der Waals surface area contributed by atoms with Crippen molar-refractivity contribution in [2.75, 3.05) is 18.4 Å². The molecule has 1 aromatic carbocycles. The number of hydrogen-bond donors (Lipinski definition) is 1. The predicted octanol–water partition coefficient (Wildman–Crippen LogP) is 4.39. The number of aromatic nitrogens is 2. The quantitative estimate of drug-likeness (QED) is 0.559. The molecule has 30 heavy (non-hydrogen) atoms. The first-order valence-corrected chi connectivity index (χ1v) is 12.0. The minimum atomic E-state index is -3.64. The van der Waals surface area contributed by atoms with Crippen LogP contribution in [0.2, 0.25) is 5.02 Å². The van der Waals surface area contributed by atoms with Gasteiger partial charge in [0.2, 0.25) is 10.0 Å². The highest BCUT2D eigenvalue weighted by Gasteiger charge is 2.25. The highest BCUT2D eigenvalue weighted by Crippen LogP contribution is 2.31. The van der Waals surface area contributed by atoms with Gasteiger partial charge >= 0.3 is 0 Å². The molecule has 0 spiro atoms. The number of hydrogen-bond acceptors (Lipinski definition) is 5. The second-order valence-corrected chi connectivity index (χ2v) is 10.2. The number of carbonyl (C=O) groups excluding carboxylic acids is 1. The van der Waals surface area contributed by atoms with Crippen LogP contribution in [-0.4, -0.2) is 41.3 Å². The van der Waals surface area contributed by atoms with Crippen LogP contribution in [0.4, 0.5) is 5.13 Å². The van der Waals surface area contributed by atoms with Crippen molar-refractivity contribution in [2.24, 2.45) is 7.05 Å². The Labute approximate surface area is 185 Å². The molecule has 0 saturated heterocycles.